The van der Waals surface area contributed by atoms with E-state index in [0.717, 1.165) is 35.4 Å². The van der Waals surface area contributed by atoms with Gasteiger partial charge in [-0.3, -0.25) is 9.59 Å². The molecule has 1 rings (SSSR count). The largest absolute Gasteiger partial charge is 0.467 e. The van der Waals surface area contributed by atoms with Crippen LogP contribution in [0.2, 0.25) is 0 Å². The number of unbranched alkanes of at least 4 members (excludes halogenated alkanes) is 14. The minimum atomic E-state index is 0.257. The lowest BCUT2D eigenvalue weighted by Gasteiger charge is -2.05. The molecule has 0 saturated carbocycles. The van der Waals surface area contributed by atoms with Gasteiger partial charge in [0, 0.05) is 36.8 Å². The van der Waals surface area contributed by atoms with Gasteiger partial charge >= 0.3 is 0 Å². The van der Waals surface area contributed by atoms with Crippen molar-refractivity contribution >= 4 is 12.3 Å². The zero-order valence-corrected chi connectivity index (χ0v) is 21.5. The second-order valence-electron chi connectivity index (χ2n) is 9.43. The molecule has 32 heavy (non-hydrogen) atoms. The molecule has 1 aromatic rings. The van der Waals surface area contributed by atoms with E-state index in [4.69, 9.17) is 4.74 Å². The fourth-order valence-corrected chi connectivity index (χ4v) is 4.79. The summed E-state index contributed by atoms with van der Waals surface area (Å²) in [7, 11) is 1.99. The van der Waals surface area contributed by atoms with Crippen molar-refractivity contribution in [3.63, 3.8) is 0 Å². The standard InChI is InChI=1S/C28H49NO3/c1-5-6-7-8-9-10-11-12-13-14-15-16-17-18-19-20-27(31)28-24(2)26(21-22-32-23-30)29(4)25(28)3/h23H,5-22H2,1-4H3. The summed E-state index contributed by atoms with van der Waals surface area (Å²) < 4.78 is 6.91. The molecule has 0 aliphatic carbocycles. The number of rotatable bonds is 21. The third-order valence-corrected chi connectivity index (χ3v) is 6.89. The second kappa shape index (κ2) is 17.9. The smallest absolute Gasteiger partial charge is 0.293 e. The molecule has 1 heterocycles. The van der Waals surface area contributed by atoms with Gasteiger partial charge in [-0.2, -0.15) is 0 Å². The van der Waals surface area contributed by atoms with Crippen molar-refractivity contribution in [3.8, 4) is 0 Å². The van der Waals surface area contributed by atoms with Gasteiger partial charge < -0.3 is 9.30 Å². The Morgan fingerprint density at radius 1 is 0.812 bits per heavy atom. The summed E-state index contributed by atoms with van der Waals surface area (Å²) in [5.41, 5.74) is 4.03. The van der Waals surface area contributed by atoms with Crippen molar-refractivity contribution in [3.05, 3.63) is 22.5 Å². The summed E-state index contributed by atoms with van der Waals surface area (Å²) in [5.74, 6) is 0.257. The van der Waals surface area contributed by atoms with Crippen LogP contribution >= 0.6 is 0 Å². The predicted octanol–water partition coefficient (Wildman–Crippen LogP) is 7.80. The minimum absolute atomic E-state index is 0.257. The molecule has 0 N–H and O–H groups in total. The van der Waals surface area contributed by atoms with E-state index in [9.17, 15) is 9.59 Å². The molecule has 184 valence electrons. The number of nitrogens with zero attached hydrogens (tertiary/aromatic N) is 1. The van der Waals surface area contributed by atoms with Gasteiger partial charge in [0.05, 0.1) is 6.61 Å². The van der Waals surface area contributed by atoms with Crippen LogP contribution in [-0.4, -0.2) is 23.4 Å². The van der Waals surface area contributed by atoms with Crippen LogP contribution in [0, 0.1) is 13.8 Å². The minimum Gasteiger partial charge on any atom is -0.467 e. The van der Waals surface area contributed by atoms with E-state index in [0.29, 0.717) is 25.9 Å². The maximum Gasteiger partial charge on any atom is 0.293 e. The number of carbonyl (C=O) groups is 2. The lowest BCUT2D eigenvalue weighted by atomic mass is 9.99. The highest BCUT2D eigenvalue weighted by atomic mass is 16.5. The van der Waals surface area contributed by atoms with Crippen molar-refractivity contribution < 1.29 is 14.3 Å². The molecule has 0 radical (unpaired) electrons. The lowest BCUT2D eigenvalue weighted by molar-refractivity contribution is -0.128. The van der Waals surface area contributed by atoms with Crippen molar-refractivity contribution in [2.24, 2.45) is 7.05 Å². The number of aromatic nitrogens is 1. The number of hydrogen-bond donors (Lipinski definition) is 0. The molecule has 0 bridgehead atoms. The molecule has 0 spiro atoms. The van der Waals surface area contributed by atoms with Gasteiger partial charge in [0.25, 0.3) is 6.47 Å². The predicted molar refractivity (Wildman–Crippen MR) is 134 cm³/mol. The highest BCUT2D eigenvalue weighted by molar-refractivity contribution is 5.99. The Hall–Kier alpha value is -1.58. The topological polar surface area (TPSA) is 48.3 Å². The van der Waals surface area contributed by atoms with Gasteiger partial charge in [-0.25, -0.2) is 0 Å². The molecule has 0 saturated heterocycles. The molecule has 0 amide bonds. The van der Waals surface area contributed by atoms with E-state index >= 15 is 0 Å². The SMILES string of the molecule is CCCCCCCCCCCCCCCCCC(=O)c1c(C)c(CCOC=O)n(C)c1C. The Morgan fingerprint density at radius 2 is 1.28 bits per heavy atom. The second-order valence-corrected chi connectivity index (χ2v) is 9.43. The monoisotopic (exact) mass is 447 g/mol. The summed E-state index contributed by atoms with van der Waals surface area (Å²) in [6, 6.07) is 0. The van der Waals surface area contributed by atoms with Crippen molar-refractivity contribution in [2.45, 2.75) is 130 Å². The van der Waals surface area contributed by atoms with Gasteiger partial charge in [0.1, 0.15) is 0 Å². The lowest BCUT2D eigenvalue weighted by Crippen LogP contribution is -2.04. The highest BCUT2D eigenvalue weighted by Gasteiger charge is 2.20. The number of ether oxygens (including phenoxy) is 1. The average Bonchev–Trinajstić information content (AvgIpc) is 2.99. The van der Waals surface area contributed by atoms with Gasteiger partial charge in [-0.15, -0.1) is 0 Å². The van der Waals surface area contributed by atoms with E-state index in [-0.39, 0.29) is 5.78 Å². The Labute approximate surface area is 197 Å². The van der Waals surface area contributed by atoms with Crippen molar-refractivity contribution in [1.82, 2.24) is 4.57 Å². The average molecular weight is 448 g/mol. The molecule has 1 aromatic heterocycles. The molecule has 0 atom stereocenters. The first-order chi connectivity index (χ1) is 15.5. The molecule has 0 aliphatic rings. The highest BCUT2D eigenvalue weighted by Crippen LogP contribution is 2.24. The van der Waals surface area contributed by atoms with Gasteiger partial charge in [0.15, 0.2) is 5.78 Å². The molecule has 0 aliphatic heterocycles. The molecule has 4 nitrogen and oxygen atoms in total. The van der Waals surface area contributed by atoms with E-state index in [1.165, 1.54) is 83.5 Å². The maximum atomic E-state index is 12.8. The molecule has 0 fully saturated rings. The molecule has 0 aromatic carbocycles. The summed E-state index contributed by atoms with van der Waals surface area (Å²) >= 11 is 0. The molecular formula is C28H49NO3. The molecular weight excluding hydrogens is 398 g/mol. The van der Waals surface area contributed by atoms with Crippen LogP contribution in [0.4, 0.5) is 0 Å². The van der Waals surface area contributed by atoms with Crippen LogP contribution < -0.4 is 0 Å². The Balaban J connectivity index is 2.11. The fourth-order valence-electron chi connectivity index (χ4n) is 4.79. The zero-order chi connectivity index (χ0) is 23.6. The third-order valence-electron chi connectivity index (χ3n) is 6.89. The van der Waals surface area contributed by atoms with Crippen LogP contribution in [0.5, 0.6) is 0 Å². The van der Waals surface area contributed by atoms with E-state index in [1.54, 1.807) is 0 Å². The third kappa shape index (κ3) is 10.8. The number of ketones is 1. The van der Waals surface area contributed by atoms with Crippen LogP contribution in [0.25, 0.3) is 0 Å². The Kier molecular flexibility index (Phi) is 15.9. The molecule has 4 heteroatoms. The Bertz CT molecular complexity index is 648. The maximum absolute atomic E-state index is 12.8. The summed E-state index contributed by atoms with van der Waals surface area (Å²) in [4.78, 5) is 23.2. The van der Waals surface area contributed by atoms with Crippen LogP contribution in [-0.2, 0) is 23.0 Å². The van der Waals surface area contributed by atoms with Crippen LogP contribution in [0.15, 0.2) is 0 Å². The zero-order valence-electron chi connectivity index (χ0n) is 21.5. The first-order valence-electron chi connectivity index (χ1n) is 13.3. The molecule has 0 unspecified atom stereocenters. The quantitative estimate of drug-likeness (QED) is 0.110. The van der Waals surface area contributed by atoms with Gasteiger partial charge in [-0.05, 0) is 25.8 Å². The fraction of sp³-hybridized carbons (Fsp3) is 0.786. The Morgan fingerprint density at radius 3 is 1.75 bits per heavy atom. The van der Waals surface area contributed by atoms with Crippen LogP contribution in [0.1, 0.15) is 137 Å². The number of hydrogen-bond acceptors (Lipinski definition) is 3. The normalized spacial score (nSPS) is 11.1. The van der Waals surface area contributed by atoms with Crippen molar-refractivity contribution in [2.75, 3.05) is 6.61 Å². The first-order valence-corrected chi connectivity index (χ1v) is 13.3. The van der Waals surface area contributed by atoms with Crippen molar-refractivity contribution in [1.29, 1.82) is 0 Å². The van der Waals surface area contributed by atoms with Crippen LogP contribution in [0.3, 0.4) is 0 Å². The number of Topliss-reactive ketones (excluding diaryl/α,β-unsaturated/α-hetero) is 1. The summed E-state index contributed by atoms with van der Waals surface area (Å²) in [6.45, 7) is 7.14. The first kappa shape index (κ1) is 28.5. The van der Waals surface area contributed by atoms with E-state index in [1.807, 2.05) is 20.9 Å². The van der Waals surface area contributed by atoms with E-state index < -0.39 is 0 Å². The summed E-state index contributed by atoms with van der Waals surface area (Å²) in [5, 5.41) is 0. The number of carbonyl (C=O) groups excluding carboxylic acids is 2. The van der Waals surface area contributed by atoms with E-state index in [2.05, 4.69) is 11.5 Å². The van der Waals surface area contributed by atoms with Gasteiger partial charge in [0.2, 0.25) is 0 Å². The summed E-state index contributed by atoms with van der Waals surface area (Å²) in [6.07, 6.45) is 21.3. The van der Waals surface area contributed by atoms with Gasteiger partial charge in [-0.1, -0.05) is 96.8 Å².